The zero-order valence-electron chi connectivity index (χ0n) is 9.49. The summed E-state index contributed by atoms with van der Waals surface area (Å²) in [5.74, 6) is -0.388. The maximum Gasteiger partial charge on any atom is 0.335 e. The van der Waals surface area contributed by atoms with Gasteiger partial charge < -0.3 is 15.8 Å². The number of amides is 2. The number of esters is 1. The second-order valence-electron chi connectivity index (χ2n) is 4.00. The number of rotatable bonds is 3. The van der Waals surface area contributed by atoms with Crippen molar-refractivity contribution < 1.29 is 14.3 Å². The van der Waals surface area contributed by atoms with Crippen molar-refractivity contribution in [2.75, 3.05) is 0 Å². The summed E-state index contributed by atoms with van der Waals surface area (Å²) < 4.78 is 5.29. The highest BCUT2D eigenvalue weighted by molar-refractivity contribution is 5.88. The van der Waals surface area contributed by atoms with E-state index in [1.54, 1.807) is 6.92 Å². The summed E-state index contributed by atoms with van der Waals surface area (Å²) >= 11 is 0. The summed E-state index contributed by atoms with van der Waals surface area (Å²) in [6.45, 7) is 1.58. The van der Waals surface area contributed by atoms with E-state index in [9.17, 15) is 9.59 Å². The fourth-order valence-electron chi connectivity index (χ4n) is 1.67. The Balaban J connectivity index is 2.38. The zero-order valence-corrected chi connectivity index (χ0v) is 9.49. The molecule has 90 valence electrons. The molecule has 16 heavy (non-hydrogen) atoms. The number of carbonyl (C=O) groups excluding carboxylic acids is 2. The Labute approximate surface area is 95.0 Å². The average molecular weight is 226 g/mol. The monoisotopic (exact) mass is 226 g/mol. The number of carbonyl (C=O) groups is 2. The Bertz CT molecular complexity index is 294. The SMILES string of the molecule is CC(=CNC(N)=O)C(=O)OC1CCCCC1. The van der Waals surface area contributed by atoms with Crippen molar-refractivity contribution in [1.29, 1.82) is 0 Å². The fraction of sp³-hybridized carbons (Fsp3) is 0.636. The average Bonchev–Trinajstić information content (AvgIpc) is 2.27. The van der Waals surface area contributed by atoms with Crippen molar-refractivity contribution in [3.63, 3.8) is 0 Å². The van der Waals surface area contributed by atoms with E-state index >= 15 is 0 Å². The Morgan fingerprint density at radius 3 is 2.50 bits per heavy atom. The summed E-state index contributed by atoms with van der Waals surface area (Å²) in [6, 6.07) is -0.690. The highest BCUT2D eigenvalue weighted by Gasteiger charge is 2.18. The van der Waals surface area contributed by atoms with Crippen LogP contribution in [0.1, 0.15) is 39.0 Å². The topological polar surface area (TPSA) is 81.4 Å². The van der Waals surface area contributed by atoms with E-state index in [1.807, 2.05) is 0 Å². The van der Waals surface area contributed by atoms with Crippen molar-refractivity contribution in [2.24, 2.45) is 5.73 Å². The molecule has 0 heterocycles. The van der Waals surface area contributed by atoms with Gasteiger partial charge in [0.1, 0.15) is 6.10 Å². The molecule has 0 radical (unpaired) electrons. The molecule has 0 saturated heterocycles. The Morgan fingerprint density at radius 1 is 1.31 bits per heavy atom. The highest BCUT2D eigenvalue weighted by atomic mass is 16.5. The minimum Gasteiger partial charge on any atom is -0.459 e. The molecule has 5 nitrogen and oxygen atoms in total. The maximum absolute atomic E-state index is 11.5. The lowest BCUT2D eigenvalue weighted by atomic mass is 9.98. The van der Waals surface area contributed by atoms with E-state index in [-0.39, 0.29) is 12.1 Å². The predicted molar refractivity (Wildman–Crippen MR) is 59.4 cm³/mol. The number of nitrogens with one attached hydrogen (secondary N) is 1. The molecule has 0 aliphatic heterocycles. The summed E-state index contributed by atoms with van der Waals surface area (Å²) in [7, 11) is 0. The highest BCUT2D eigenvalue weighted by Crippen LogP contribution is 2.20. The summed E-state index contributed by atoms with van der Waals surface area (Å²) in [6.07, 6.45) is 6.60. The molecule has 5 heteroatoms. The van der Waals surface area contributed by atoms with E-state index in [0.29, 0.717) is 5.57 Å². The molecule has 1 aliphatic carbocycles. The van der Waals surface area contributed by atoms with Crippen LogP contribution in [0.15, 0.2) is 11.8 Å². The molecule has 0 unspecified atom stereocenters. The lowest BCUT2D eigenvalue weighted by Crippen LogP contribution is -2.26. The Hall–Kier alpha value is -1.52. The molecule has 0 bridgehead atoms. The van der Waals surface area contributed by atoms with Gasteiger partial charge in [-0.1, -0.05) is 6.42 Å². The summed E-state index contributed by atoms with van der Waals surface area (Å²) in [4.78, 5) is 22.0. The van der Waals surface area contributed by atoms with E-state index < -0.39 is 6.03 Å². The molecule has 0 aromatic carbocycles. The van der Waals surface area contributed by atoms with Crippen molar-refractivity contribution in [2.45, 2.75) is 45.1 Å². The zero-order chi connectivity index (χ0) is 12.0. The number of urea groups is 1. The maximum atomic E-state index is 11.5. The van der Waals surface area contributed by atoms with Crippen molar-refractivity contribution >= 4 is 12.0 Å². The first-order valence-corrected chi connectivity index (χ1v) is 5.53. The second-order valence-corrected chi connectivity index (χ2v) is 4.00. The van der Waals surface area contributed by atoms with Crippen LogP contribution >= 0.6 is 0 Å². The van der Waals surface area contributed by atoms with Crippen LogP contribution in [-0.4, -0.2) is 18.1 Å². The molecule has 3 N–H and O–H groups in total. The third-order valence-electron chi connectivity index (χ3n) is 2.58. The van der Waals surface area contributed by atoms with Gasteiger partial charge in [-0.05, 0) is 32.6 Å². The van der Waals surface area contributed by atoms with Crippen LogP contribution < -0.4 is 11.1 Å². The smallest absolute Gasteiger partial charge is 0.335 e. The summed E-state index contributed by atoms with van der Waals surface area (Å²) in [5.41, 5.74) is 5.23. The van der Waals surface area contributed by atoms with Gasteiger partial charge in [-0.2, -0.15) is 0 Å². The van der Waals surface area contributed by atoms with Crippen molar-refractivity contribution in [1.82, 2.24) is 5.32 Å². The lowest BCUT2D eigenvalue weighted by molar-refractivity contribution is -0.145. The van der Waals surface area contributed by atoms with Gasteiger partial charge in [0, 0.05) is 6.20 Å². The second kappa shape index (κ2) is 6.15. The van der Waals surface area contributed by atoms with Gasteiger partial charge >= 0.3 is 12.0 Å². The number of primary amides is 1. The van der Waals surface area contributed by atoms with E-state index in [2.05, 4.69) is 5.32 Å². The molecule has 1 fully saturated rings. The summed E-state index contributed by atoms with van der Waals surface area (Å²) in [5, 5.41) is 2.24. The standard InChI is InChI=1S/C11H18N2O3/c1-8(7-13-11(12)15)10(14)16-9-5-3-2-4-6-9/h7,9H,2-6H2,1H3,(H3,12,13,15). The third kappa shape index (κ3) is 4.33. The van der Waals surface area contributed by atoms with Gasteiger partial charge in [-0.15, -0.1) is 0 Å². The largest absolute Gasteiger partial charge is 0.459 e. The van der Waals surface area contributed by atoms with E-state index in [1.165, 1.54) is 12.6 Å². The molecular formula is C11H18N2O3. The van der Waals surface area contributed by atoms with Crippen LogP contribution in [0.3, 0.4) is 0 Å². The lowest BCUT2D eigenvalue weighted by Gasteiger charge is -2.21. The normalized spacial score (nSPS) is 17.9. The molecule has 2 amide bonds. The molecule has 1 rings (SSSR count). The van der Waals surface area contributed by atoms with Gasteiger partial charge in [-0.25, -0.2) is 9.59 Å². The van der Waals surface area contributed by atoms with Crippen LogP contribution in [0.25, 0.3) is 0 Å². The number of hydrogen-bond donors (Lipinski definition) is 2. The minimum absolute atomic E-state index is 0.0261. The van der Waals surface area contributed by atoms with Crippen molar-refractivity contribution in [3.8, 4) is 0 Å². The number of hydrogen-bond acceptors (Lipinski definition) is 3. The molecule has 0 spiro atoms. The molecule has 0 aromatic heterocycles. The van der Waals surface area contributed by atoms with E-state index in [4.69, 9.17) is 10.5 Å². The number of ether oxygens (including phenoxy) is 1. The van der Waals surface area contributed by atoms with Gasteiger partial charge in [0.15, 0.2) is 0 Å². The van der Waals surface area contributed by atoms with Crippen molar-refractivity contribution in [3.05, 3.63) is 11.8 Å². The molecule has 0 atom stereocenters. The molecular weight excluding hydrogens is 208 g/mol. The molecule has 1 aliphatic rings. The number of nitrogens with two attached hydrogens (primary N) is 1. The first kappa shape index (κ1) is 12.5. The first-order valence-electron chi connectivity index (χ1n) is 5.53. The Morgan fingerprint density at radius 2 is 1.94 bits per heavy atom. The quantitative estimate of drug-likeness (QED) is 0.564. The van der Waals surface area contributed by atoms with E-state index in [0.717, 1.165) is 25.7 Å². The van der Waals surface area contributed by atoms with Crippen LogP contribution in [0.5, 0.6) is 0 Å². The van der Waals surface area contributed by atoms with Gasteiger partial charge in [0.2, 0.25) is 0 Å². The molecule has 1 saturated carbocycles. The Kier molecular flexibility index (Phi) is 4.82. The molecule has 0 aromatic rings. The minimum atomic E-state index is -0.690. The van der Waals surface area contributed by atoms with Crippen LogP contribution in [0, 0.1) is 0 Å². The van der Waals surface area contributed by atoms with Crippen LogP contribution in [0.2, 0.25) is 0 Å². The third-order valence-corrected chi connectivity index (χ3v) is 2.58. The predicted octanol–water partition coefficient (Wildman–Crippen LogP) is 1.43. The van der Waals surface area contributed by atoms with Gasteiger partial charge in [0.05, 0.1) is 5.57 Å². The van der Waals surface area contributed by atoms with Crippen LogP contribution in [-0.2, 0) is 9.53 Å². The van der Waals surface area contributed by atoms with Crippen LogP contribution in [0.4, 0.5) is 4.79 Å². The first-order chi connectivity index (χ1) is 7.59. The van der Waals surface area contributed by atoms with Gasteiger partial charge in [0.25, 0.3) is 0 Å². The fourth-order valence-corrected chi connectivity index (χ4v) is 1.67. The van der Waals surface area contributed by atoms with Gasteiger partial charge in [-0.3, -0.25) is 0 Å².